The van der Waals surface area contributed by atoms with Crippen LogP contribution in [-0.2, 0) is 0 Å². The third-order valence-corrected chi connectivity index (χ3v) is 6.50. The second kappa shape index (κ2) is 10.3. The molecule has 1 aromatic heterocycles. The van der Waals surface area contributed by atoms with Gasteiger partial charge in [0.05, 0.1) is 12.0 Å². The maximum atomic E-state index is 9.82. The van der Waals surface area contributed by atoms with Crippen molar-refractivity contribution >= 4 is 40.4 Å². The predicted molar refractivity (Wildman–Crippen MR) is 132 cm³/mol. The van der Waals surface area contributed by atoms with E-state index in [-0.39, 0.29) is 6.10 Å². The molecule has 1 aliphatic carbocycles. The van der Waals surface area contributed by atoms with Crippen LogP contribution >= 0.6 is 23.2 Å². The van der Waals surface area contributed by atoms with Gasteiger partial charge >= 0.3 is 0 Å². The van der Waals surface area contributed by atoms with Gasteiger partial charge in [-0.1, -0.05) is 47.8 Å². The standard InChI is InChI=1S/C25H25Cl2N5O/c1-15-11-19(20(13-28)16-7-9-17(26)10-8-16)21(27)12-22(15)32-24-23(29)25(31-14-30-24)33-18-5-3-2-4-6-18/h7-12,14,18,20H,2-6,29H2,1H3,(H,30,31,32). The lowest BCUT2D eigenvalue weighted by molar-refractivity contribution is 0.149. The average molecular weight is 482 g/mol. The van der Waals surface area contributed by atoms with Gasteiger partial charge in [-0.3, -0.25) is 0 Å². The van der Waals surface area contributed by atoms with Gasteiger partial charge in [-0.25, -0.2) is 4.98 Å². The fourth-order valence-electron chi connectivity index (χ4n) is 4.08. The van der Waals surface area contributed by atoms with Crippen molar-refractivity contribution in [3.05, 3.63) is 69.5 Å². The number of hydrogen-bond acceptors (Lipinski definition) is 6. The van der Waals surface area contributed by atoms with Gasteiger partial charge in [0.2, 0.25) is 5.88 Å². The molecule has 0 bridgehead atoms. The number of ether oxygens (including phenoxy) is 1. The Hall–Kier alpha value is -3.01. The lowest BCUT2D eigenvalue weighted by Gasteiger charge is -2.23. The lowest BCUT2D eigenvalue weighted by Crippen LogP contribution is -2.21. The number of nitrogens with one attached hydrogen (secondary N) is 1. The molecule has 1 fully saturated rings. The molecule has 1 unspecified atom stereocenters. The molecule has 0 amide bonds. The van der Waals surface area contributed by atoms with E-state index in [1.165, 1.54) is 12.7 Å². The first-order chi connectivity index (χ1) is 16.0. The summed E-state index contributed by atoms with van der Waals surface area (Å²) in [5.74, 6) is 0.339. The number of aryl methyl sites for hydroxylation is 1. The van der Waals surface area contributed by atoms with E-state index in [1.54, 1.807) is 18.2 Å². The molecule has 0 aliphatic heterocycles. The highest BCUT2D eigenvalue weighted by Gasteiger charge is 2.21. The summed E-state index contributed by atoms with van der Waals surface area (Å²) in [5, 5.41) is 14.2. The number of rotatable bonds is 6. The van der Waals surface area contributed by atoms with Crippen LogP contribution in [0, 0.1) is 18.3 Å². The number of anilines is 3. The molecule has 4 rings (SSSR count). The van der Waals surface area contributed by atoms with E-state index in [4.69, 9.17) is 33.7 Å². The molecule has 0 radical (unpaired) electrons. The summed E-state index contributed by atoms with van der Waals surface area (Å²) in [6.45, 7) is 1.94. The molecule has 0 spiro atoms. The van der Waals surface area contributed by atoms with E-state index in [0.717, 1.165) is 48.1 Å². The SMILES string of the molecule is Cc1cc(C(C#N)c2ccc(Cl)cc2)c(Cl)cc1Nc1ncnc(OC2CCCCC2)c1N. The van der Waals surface area contributed by atoms with Crippen LogP contribution < -0.4 is 15.8 Å². The number of nitrogens with two attached hydrogens (primary N) is 1. The van der Waals surface area contributed by atoms with Gasteiger partial charge in [-0.05, 0) is 67.5 Å². The van der Waals surface area contributed by atoms with Crippen LogP contribution in [0.1, 0.15) is 54.7 Å². The van der Waals surface area contributed by atoms with Crippen LogP contribution in [0.5, 0.6) is 5.88 Å². The van der Waals surface area contributed by atoms with Crippen molar-refractivity contribution in [2.75, 3.05) is 11.1 Å². The molecule has 3 aromatic rings. The Morgan fingerprint density at radius 2 is 1.85 bits per heavy atom. The minimum Gasteiger partial charge on any atom is -0.473 e. The normalized spacial score (nSPS) is 15.0. The number of aromatic nitrogens is 2. The summed E-state index contributed by atoms with van der Waals surface area (Å²) in [6.07, 6.45) is 7.15. The summed E-state index contributed by atoms with van der Waals surface area (Å²) in [5.41, 5.74) is 9.88. The Labute approximate surface area is 203 Å². The maximum Gasteiger partial charge on any atom is 0.242 e. The molecule has 1 atom stereocenters. The van der Waals surface area contributed by atoms with Crippen molar-refractivity contribution in [2.24, 2.45) is 0 Å². The first-order valence-electron chi connectivity index (χ1n) is 11.0. The fourth-order valence-corrected chi connectivity index (χ4v) is 4.48. The maximum absolute atomic E-state index is 9.82. The molecule has 0 saturated heterocycles. The Bertz CT molecular complexity index is 1170. The molecule has 1 aliphatic rings. The Balaban J connectivity index is 1.58. The topological polar surface area (TPSA) is 96.8 Å². The minimum atomic E-state index is -0.512. The van der Waals surface area contributed by atoms with Crippen molar-refractivity contribution in [3.8, 4) is 11.9 Å². The second-order valence-electron chi connectivity index (χ2n) is 8.25. The van der Waals surface area contributed by atoms with Crippen molar-refractivity contribution in [1.82, 2.24) is 9.97 Å². The first-order valence-corrected chi connectivity index (χ1v) is 11.7. The predicted octanol–water partition coefficient (Wildman–Crippen LogP) is 6.78. The average Bonchev–Trinajstić information content (AvgIpc) is 2.82. The number of nitrogen functional groups attached to an aromatic ring is 1. The molecule has 3 N–H and O–H groups in total. The lowest BCUT2D eigenvalue weighted by atomic mass is 9.91. The first kappa shape index (κ1) is 23.2. The van der Waals surface area contributed by atoms with Gasteiger partial charge in [-0.15, -0.1) is 0 Å². The van der Waals surface area contributed by atoms with E-state index in [1.807, 2.05) is 25.1 Å². The molecular weight excluding hydrogens is 457 g/mol. The summed E-state index contributed by atoms with van der Waals surface area (Å²) in [4.78, 5) is 8.53. The van der Waals surface area contributed by atoms with Gasteiger partial charge in [0.15, 0.2) is 5.82 Å². The highest BCUT2D eigenvalue weighted by Crippen LogP contribution is 2.37. The third-order valence-electron chi connectivity index (χ3n) is 5.92. The number of halogens is 2. The second-order valence-corrected chi connectivity index (χ2v) is 9.09. The van der Waals surface area contributed by atoms with Gasteiger partial charge in [0.25, 0.3) is 0 Å². The van der Waals surface area contributed by atoms with Crippen LogP contribution in [0.2, 0.25) is 10.0 Å². The summed E-state index contributed by atoms with van der Waals surface area (Å²) >= 11 is 12.6. The fraction of sp³-hybridized carbons (Fsp3) is 0.320. The van der Waals surface area contributed by atoms with Crippen LogP contribution in [0.25, 0.3) is 0 Å². The summed E-state index contributed by atoms with van der Waals surface area (Å²) < 4.78 is 6.05. The van der Waals surface area contributed by atoms with Gasteiger partial charge in [0.1, 0.15) is 18.1 Å². The summed E-state index contributed by atoms with van der Waals surface area (Å²) in [6, 6.07) is 13.2. The van der Waals surface area contributed by atoms with E-state index in [2.05, 4.69) is 21.4 Å². The zero-order valence-corrected chi connectivity index (χ0v) is 19.8. The van der Waals surface area contributed by atoms with Crippen LogP contribution in [0.3, 0.4) is 0 Å². The largest absolute Gasteiger partial charge is 0.473 e. The van der Waals surface area contributed by atoms with Crippen LogP contribution in [-0.4, -0.2) is 16.1 Å². The molecule has 6 nitrogen and oxygen atoms in total. The zero-order chi connectivity index (χ0) is 23.4. The minimum absolute atomic E-state index is 0.134. The van der Waals surface area contributed by atoms with Crippen molar-refractivity contribution in [3.63, 3.8) is 0 Å². The van der Waals surface area contributed by atoms with Gasteiger partial charge < -0.3 is 15.8 Å². The van der Waals surface area contributed by atoms with Gasteiger partial charge in [0, 0.05) is 15.7 Å². The molecule has 1 heterocycles. The van der Waals surface area contributed by atoms with Crippen molar-refractivity contribution in [1.29, 1.82) is 5.26 Å². The van der Waals surface area contributed by atoms with Crippen molar-refractivity contribution < 1.29 is 4.74 Å². The molecule has 33 heavy (non-hydrogen) atoms. The molecule has 170 valence electrons. The van der Waals surface area contributed by atoms with E-state index >= 15 is 0 Å². The molecular formula is C25H25Cl2N5O. The molecule has 2 aromatic carbocycles. The smallest absolute Gasteiger partial charge is 0.242 e. The van der Waals surface area contributed by atoms with Crippen molar-refractivity contribution in [2.45, 2.75) is 51.0 Å². The van der Waals surface area contributed by atoms with Crippen LogP contribution in [0.15, 0.2) is 42.7 Å². The monoisotopic (exact) mass is 481 g/mol. The Morgan fingerprint density at radius 3 is 2.55 bits per heavy atom. The number of nitrogens with zero attached hydrogens (tertiary/aromatic N) is 3. The third kappa shape index (κ3) is 5.32. The van der Waals surface area contributed by atoms with E-state index < -0.39 is 5.92 Å². The zero-order valence-electron chi connectivity index (χ0n) is 18.3. The number of benzene rings is 2. The van der Waals surface area contributed by atoms with Gasteiger partial charge in [-0.2, -0.15) is 10.2 Å². The quantitative estimate of drug-likeness (QED) is 0.402. The van der Waals surface area contributed by atoms with E-state index in [0.29, 0.717) is 27.4 Å². The Morgan fingerprint density at radius 1 is 1.12 bits per heavy atom. The highest BCUT2D eigenvalue weighted by molar-refractivity contribution is 6.32. The number of nitriles is 1. The highest BCUT2D eigenvalue weighted by atomic mass is 35.5. The Kier molecular flexibility index (Phi) is 7.22. The molecule has 8 heteroatoms. The molecule has 1 saturated carbocycles. The number of hydrogen-bond donors (Lipinski definition) is 2. The summed E-state index contributed by atoms with van der Waals surface area (Å²) in [7, 11) is 0. The van der Waals surface area contributed by atoms with Crippen LogP contribution in [0.4, 0.5) is 17.2 Å². The van der Waals surface area contributed by atoms with E-state index in [9.17, 15) is 5.26 Å².